The van der Waals surface area contributed by atoms with Crippen molar-refractivity contribution in [2.24, 2.45) is 7.05 Å². The Kier molecular flexibility index (Phi) is 5.03. The van der Waals surface area contributed by atoms with Crippen LogP contribution >= 0.6 is 23.4 Å². The van der Waals surface area contributed by atoms with Gasteiger partial charge < -0.3 is 4.57 Å². The van der Waals surface area contributed by atoms with Crippen LogP contribution in [-0.2, 0) is 17.1 Å². The van der Waals surface area contributed by atoms with Gasteiger partial charge in [0.2, 0.25) is 0 Å². The second-order valence-corrected chi connectivity index (χ2v) is 8.49. The minimum atomic E-state index is -3.75. The Hall–Kier alpha value is -2.03. The molecule has 0 fully saturated rings. The number of aryl methyl sites for hydroxylation is 2. The first-order chi connectivity index (χ1) is 11.8. The number of aromatic nitrogens is 3. The van der Waals surface area contributed by atoms with E-state index in [4.69, 9.17) is 11.6 Å². The molecule has 1 aromatic heterocycles. The summed E-state index contributed by atoms with van der Waals surface area (Å²) in [5.74, 6) is 0. The Bertz CT molecular complexity index is 1000. The SMILES string of the molecule is Cc1ccc(S(=O)(=O)Nc2ccc(Sc3nncn3C)cc2)c(Cl)c1. The quantitative estimate of drug-likeness (QED) is 0.713. The zero-order valence-corrected chi connectivity index (χ0v) is 15.9. The molecule has 0 aliphatic rings. The van der Waals surface area contributed by atoms with Crippen molar-refractivity contribution in [1.29, 1.82) is 0 Å². The van der Waals surface area contributed by atoms with E-state index >= 15 is 0 Å². The lowest BCUT2D eigenvalue weighted by Gasteiger charge is -2.10. The van der Waals surface area contributed by atoms with Crippen LogP contribution in [-0.4, -0.2) is 23.2 Å². The minimum absolute atomic E-state index is 0.0531. The Morgan fingerprint density at radius 2 is 1.88 bits per heavy atom. The van der Waals surface area contributed by atoms with Crippen LogP contribution in [0.1, 0.15) is 5.56 Å². The summed E-state index contributed by atoms with van der Waals surface area (Å²) in [7, 11) is -1.89. The number of sulfonamides is 1. The van der Waals surface area contributed by atoms with Gasteiger partial charge in [-0.15, -0.1) is 10.2 Å². The van der Waals surface area contributed by atoms with Crippen molar-refractivity contribution in [2.45, 2.75) is 21.9 Å². The van der Waals surface area contributed by atoms with Gasteiger partial charge in [0.25, 0.3) is 10.0 Å². The van der Waals surface area contributed by atoms with Gasteiger partial charge in [0, 0.05) is 17.6 Å². The Morgan fingerprint density at radius 1 is 1.16 bits per heavy atom. The summed E-state index contributed by atoms with van der Waals surface area (Å²) >= 11 is 7.50. The van der Waals surface area contributed by atoms with Crippen molar-refractivity contribution < 1.29 is 8.42 Å². The molecule has 2 aromatic carbocycles. The highest BCUT2D eigenvalue weighted by Gasteiger charge is 2.18. The molecule has 0 amide bonds. The summed E-state index contributed by atoms with van der Waals surface area (Å²) in [6, 6.07) is 11.8. The molecular weight excluding hydrogens is 380 g/mol. The number of hydrogen-bond acceptors (Lipinski definition) is 5. The molecule has 0 bridgehead atoms. The van der Waals surface area contributed by atoms with Crippen LogP contribution in [0.25, 0.3) is 0 Å². The van der Waals surface area contributed by atoms with Crippen molar-refractivity contribution in [1.82, 2.24) is 14.8 Å². The number of anilines is 1. The molecule has 0 radical (unpaired) electrons. The molecule has 3 aromatic rings. The van der Waals surface area contributed by atoms with E-state index < -0.39 is 10.0 Å². The van der Waals surface area contributed by atoms with Gasteiger partial charge in [-0.05, 0) is 60.6 Å². The molecule has 0 aliphatic heterocycles. The van der Waals surface area contributed by atoms with Crippen LogP contribution < -0.4 is 4.72 Å². The average Bonchev–Trinajstić information content (AvgIpc) is 2.93. The first-order valence-corrected chi connectivity index (χ1v) is 9.94. The predicted molar refractivity (Wildman–Crippen MR) is 98.6 cm³/mol. The second-order valence-electron chi connectivity index (χ2n) is 5.39. The van der Waals surface area contributed by atoms with Crippen LogP contribution in [0.4, 0.5) is 5.69 Å². The largest absolute Gasteiger partial charge is 0.311 e. The molecule has 130 valence electrons. The molecule has 0 atom stereocenters. The van der Waals surface area contributed by atoms with E-state index in [0.717, 1.165) is 15.6 Å². The molecule has 3 rings (SSSR count). The Balaban J connectivity index is 1.77. The molecule has 0 saturated heterocycles. The van der Waals surface area contributed by atoms with Gasteiger partial charge in [0.1, 0.15) is 11.2 Å². The van der Waals surface area contributed by atoms with Crippen molar-refractivity contribution in [3.05, 3.63) is 59.4 Å². The third-order valence-electron chi connectivity index (χ3n) is 3.36. The number of hydrogen-bond donors (Lipinski definition) is 1. The lowest BCUT2D eigenvalue weighted by Crippen LogP contribution is -2.13. The second kappa shape index (κ2) is 7.07. The van der Waals surface area contributed by atoms with Crippen LogP contribution in [0.5, 0.6) is 0 Å². The van der Waals surface area contributed by atoms with Gasteiger partial charge in [-0.1, -0.05) is 17.7 Å². The Labute approximate surface area is 155 Å². The van der Waals surface area contributed by atoms with E-state index in [-0.39, 0.29) is 9.92 Å². The summed E-state index contributed by atoms with van der Waals surface area (Å²) in [6.07, 6.45) is 1.62. The van der Waals surface area contributed by atoms with Gasteiger partial charge in [0.05, 0.1) is 5.02 Å². The topological polar surface area (TPSA) is 76.9 Å². The van der Waals surface area contributed by atoms with Crippen molar-refractivity contribution in [3.8, 4) is 0 Å². The highest BCUT2D eigenvalue weighted by atomic mass is 35.5. The summed E-state index contributed by atoms with van der Waals surface area (Å²) < 4.78 is 29.3. The monoisotopic (exact) mass is 394 g/mol. The van der Waals surface area contributed by atoms with E-state index in [0.29, 0.717) is 5.69 Å². The molecule has 25 heavy (non-hydrogen) atoms. The zero-order chi connectivity index (χ0) is 18.0. The van der Waals surface area contributed by atoms with E-state index in [2.05, 4.69) is 14.9 Å². The molecule has 9 heteroatoms. The van der Waals surface area contributed by atoms with Crippen LogP contribution in [0.2, 0.25) is 5.02 Å². The fourth-order valence-electron chi connectivity index (χ4n) is 2.10. The third-order valence-corrected chi connectivity index (χ3v) is 6.29. The average molecular weight is 395 g/mol. The van der Waals surface area contributed by atoms with Gasteiger partial charge in [-0.3, -0.25) is 4.72 Å². The number of rotatable bonds is 5. The zero-order valence-electron chi connectivity index (χ0n) is 13.5. The first-order valence-electron chi connectivity index (χ1n) is 7.26. The fourth-order valence-corrected chi connectivity index (χ4v) is 4.52. The lowest BCUT2D eigenvalue weighted by atomic mass is 10.2. The van der Waals surface area contributed by atoms with E-state index in [9.17, 15) is 8.42 Å². The number of benzene rings is 2. The van der Waals surface area contributed by atoms with Gasteiger partial charge in [-0.2, -0.15) is 0 Å². The maximum Gasteiger partial charge on any atom is 0.263 e. The van der Waals surface area contributed by atoms with Gasteiger partial charge >= 0.3 is 0 Å². The fraction of sp³-hybridized carbons (Fsp3) is 0.125. The molecule has 1 heterocycles. The van der Waals surface area contributed by atoms with Gasteiger partial charge in [0.15, 0.2) is 5.16 Å². The van der Waals surface area contributed by atoms with E-state index in [1.807, 2.05) is 26.1 Å². The maximum absolute atomic E-state index is 12.5. The third kappa shape index (κ3) is 4.15. The molecule has 0 spiro atoms. The van der Waals surface area contributed by atoms with Crippen molar-refractivity contribution in [3.63, 3.8) is 0 Å². The van der Waals surface area contributed by atoms with Gasteiger partial charge in [-0.25, -0.2) is 8.42 Å². The predicted octanol–water partition coefficient (Wildman–Crippen LogP) is 3.73. The molecule has 0 unspecified atom stereocenters. The Morgan fingerprint density at radius 3 is 2.48 bits per heavy atom. The first kappa shape index (κ1) is 17.8. The minimum Gasteiger partial charge on any atom is -0.311 e. The lowest BCUT2D eigenvalue weighted by molar-refractivity contribution is 0.601. The molecule has 0 aliphatic carbocycles. The summed E-state index contributed by atoms with van der Waals surface area (Å²) in [4.78, 5) is 0.977. The van der Waals surface area contributed by atoms with Crippen LogP contribution in [0, 0.1) is 6.92 Å². The van der Waals surface area contributed by atoms with E-state index in [1.165, 1.54) is 17.8 Å². The maximum atomic E-state index is 12.5. The normalized spacial score (nSPS) is 11.5. The van der Waals surface area contributed by atoms with Crippen LogP contribution in [0.15, 0.2) is 63.7 Å². The highest BCUT2D eigenvalue weighted by molar-refractivity contribution is 7.99. The van der Waals surface area contributed by atoms with Crippen LogP contribution in [0.3, 0.4) is 0 Å². The number of halogens is 1. The molecular formula is C16H15ClN4O2S2. The molecule has 1 N–H and O–H groups in total. The number of nitrogens with one attached hydrogen (secondary N) is 1. The highest BCUT2D eigenvalue weighted by Crippen LogP contribution is 2.28. The summed E-state index contributed by atoms with van der Waals surface area (Å²) in [6.45, 7) is 1.85. The summed E-state index contributed by atoms with van der Waals surface area (Å²) in [5.41, 5.74) is 1.35. The molecule has 6 nitrogen and oxygen atoms in total. The smallest absolute Gasteiger partial charge is 0.263 e. The number of nitrogens with zero attached hydrogens (tertiary/aromatic N) is 3. The van der Waals surface area contributed by atoms with Crippen molar-refractivity contribution >= 4 is 39.1 Å². The molecule has 0 saturated carbocycles. The van der Waals surface area contributed by atoms with Crippen molar-refractivity contribution in [2.75, 3.05) is 4.72 Å². The standard InChI is InChI=1S/C16H15ClN4O2S2/c1-11-3-8-15(14(17)9-11)25(22,23)20-12-4-6-13(7-5-12)24-16-19-18-10-21(16)2/h3-10,20H,1-2H3. The summed E-state index contributed by atoms with van der Waals surface area (Å²) in [5, 5.41) is 8.76. The van der Waals surface area contributed by atoms with E-state index in [1.54, 1.807) is 35.2 Å².